The molecule has 7 nitrogen and oxygen atoms in total. The van der Waals surface area contributed by atoms with Crippen LogP contribution < -0.4 is 11.2 Å². The molecular weight excluding hydrogens is 228 g/mol. The van der Waals surface area contributed by atoms with Crippen molar-refractivity contribution in [3.63, 3.8) is 0 Å². The van der Waals surface area contributed by atoms with Crippen molar-refractivity contribution in [3.8, 4) is 0 Å². The molecule has 1 fully saturated rings. The van der Waals surface area contributed by atoms with E-state index < -0.39 is 11.2 Å². The fourth-order valence-corrected chi connectivity index (χ4v) is 1.68. The van der Waals surface area contributed by atoms with Crippen molar-refractivity contribution in [2.24, 2.45) is 0 Å². The molecule has 2 heterocycles. The lowest BCUT2D eigenvalue weighted by Gasteiger charge is -2.13. The molecule has 2 rings (SSSR count). The topological polar surface area (TPSA) is 105 Å². The third-order valence-corrected chi connectivity index (χ3v) is 2.45. The Morgan fingerprint density at radius 1 is 1.47 bits per heavy atom. The Morgan fingerprint density at radius 2 is 2.18 bits per heavy atom. The van der Waals surface area contributed by atoms with Gasteiger partial charge in [0.05, 0.1) is 12.7 Å². The van der Waals surface area contributed by atoms with Crippen LogP contribution >= 0.6 is 0 Å². The van der Waals surface area contributed by atoms with Gasteiger partial charge in [0.15, 0.2) is 0 Å². The molecule has 0 bridgehead atoms. The van der Waals surface area contributed by atoms with Crippen molar-refractivity contribution in [1.29, 1.82) is 0 Å². The molecule has 1 aliphatic heterocycles. The Kier molecular flexibility index (Phi) is 5.08. The molecule has 0 aromatic carbocycles. The van der Waals surface area contributed by atoms with Crippen LogP contribution in [0.15, 0.2) is 21.9 Å². The second-order valence-corrected chi connectivity index (χ2v) is 3.49. The molecule has 0 amide bonds. The lowest BCUT2D eigenvalue weighted by molar-refractivity contribution is -0.0246. The molecule has 17 heavy (non-hydrogen) atoms. The predicted octanol–water partition coefficient (Wildman–Crippen LogP) is -1.19. The average Bonchev–Trinajstić information content (AvgIpc) is 2.80. The molecule has 0 aliphatic carbocycles. The van der Waals surface area contributed by atoms with Gasteiger partial charge in [-0.25, -0.2) is 4.79 Å². The van der Waals surface area contributed by atoms with Gasteiger partial charge in [-0.1, -0.05) is 0 Å². The van der Waals surface area contributed by atoms with Crippen LogP contribution in [0.3, 0.4) is 0 Å². The van der Waals surface area contributed by atoms with Crippen molar-refractivity contribution in [1.82, 2.24) is 9.55 Å². The van der Waals surface area contributed by atoms with Crippen molar-refractivity contribution in [2.45, 2.75) is 25.2 Å². The quantitative estimate of drug-likeness (QED) is 0.607. The van der Waals surface area contributed by atoms with Crippen LogP contribution in [0.25, 0.3) is 0 Å². The summed E-state index contributed by atoms with van der Waals surface area (Å²) in [5.41, 5.74) is -0.904. The maximum absolute atomic E-state index is 11.4. The van der Waals surface area contributed by atoms with Gasteiger partial charge in [-0.05, 0) is 12.8 Å². The molecule has 1 aromatic rings. The van der Waals surface area contributed by atoms with Gasteiger partial charge in [-0.15, -0.1) is 0 Å². The molecule has 2 unspecified atom stereocenters. The minimum atomic E-state index is -0.480. The monoisotopic (exact) mass is 244 g/mol. The number of aromatic amines is 1. The molecule has 0 spiro atoms. The first-order valence-corrected chi connectivity index (χ1v) is 5.23. The number of hydrogen-bond acceptors (Lipinski definition) is 5. The van der Waals surface area contributed by atoms with E-state index in [0.29, 0.717) is 12.8 Å². The number of nitrogens with zero attached hydrogens (tertiary/aromatic N) is 1. The smallest absolute Gasteiger partial charge is 0.330 e. The van der Waals surface area contributed by atoms with Crippen LogP contribution in [0, 0.1) is 0 Å². The van der Waals surface area contributed by atoms with E-state index in [0.717, 1.165) is 7.11 Å². The van der Waals surface area contributed by atoms with Crippen molar-refractivity contribution < 1.29 is 14.9 Å². The normalized spacial score (nSPS) is 23.0. The van der Waals surface area contributed by atoms with Gasteiger partial charge in [0, 0.05) is 19.4 Å². The van der Waals surface area contributed by atoms with Crippen LogP contribution in [0.5, 0.6) is 0 Å². The molecule has 0 saturated carbocycles. The molecule has 0 radical (unpaired) electrons. The molecule has 2 atom stereocenters. The van der Waals surface area contributed by atoms with E-state index in [-0.39, 0.29) is 18.9 Å². The molecule has 1 saturated heterocycles. The molecule has 1 aromatic heterocycles. The first-order chi connectivity index (χ1) is 8.20. The van der Waals surface area contributed by atoms with Crippen LogP contribution in [0.4, 0.5) is 0 Å². The van der Waals surface area contributed by atoms with E-state index in [2.05, 4.69) is 4.98 Å². The van der Waals surface area contributed by atoms with Crippen LogP contribution in [-0.4, -0.2) is 39.6 Å². The number of aliphatic hydroxyl groups excluding tert-OH is 2. The summed E-state index contributed by atoms with van der Waals surface area (Å²) in [5.74, 6) is 0. The second-order valence-electron chi connectivity index (χ2n) is 3.49. The number of H-pyrrole nitrogens is 1. The van der Waals surface area contributed by atoms with Crippen molar-refractivity contribution in [2.75, 3.05) is 13.7 Å². The maximum Gasteiger partial charge on any atom is 0.330 e. The Balaban J connectivity index is 0.000000686. The second kappa shape index (κ2) is 6.33. The minimum Gasteiger partial charge on any atom is -0.400 e. The number of ether oxygens (including phenoxy) is 1. The zero-order chi connectivity index (χ0) is 12.8. The summed E-state index contributed by atoms with van der Waals surface area (Å²) < 4.78 is 6.74. The zero-order valence-electron chi connectivity index (χ0n) is 9.50. The Hall–Kier alpha value is -1.44. The fraction of sp³-hybridized carbons (Fsp3) is 0.600. The summed E-state index contributed by atoms with van der Waals surface area (Å²) in [6.45, 7) is -0.0470. The number of nitrogens with one attached hydrogen (secondary N) is 1. The summed E-state index contributed by atoms with van der Waals surface area (Å²) >= 11 is 0. The molecule has 96 valence electrons. The van der Waals surface area contributed by atoms with Gasteiger partial charge < -0.3 is 14.9 Å². The summed E-state index contributed by atoms with van der Waals surface area (Å²) in [7, 11) is 1.00. The van der Waals surface area contributed by atoms with Gasteiger partial charge in [-0.2, -0.15) is 0 Å². The highest BCUT2D eigenvalue weighted by Gasteiger charge is 2.26. The predicted molar refractivity (Wildman–Crippen MR) is 59.7 cm³/mol. The maximum atomic E-state index is 11.4. The minimum absolute atomic E-state index is 0.0470. The number of aromatic nitrogens is 2. The van der Waals surface area contributed by atoms with E-state index >= 15 is 0 Å². The summed E-state index contributed by atoms with van der Waals surface area (Å²) in [6.07, 6.45) is 2.19. The third-order valence-electron chi connectivity index (χ3n) is 2.45. The van der Waals surface area contributed by atoms with Crippen molar-refractivity contribution >= 4 is 0 Å². The van der Waals surface area contributed by atoms with E-state index in [4.69, 9.17) is 14.9 Å². The number of aliphatic hydroxyl groups is 2. The average molecular weight is 244 g/mol. The Labute approximate surface area is 97.3 Å². The first kappa shape index (κ1) is 13.6. The zero-order valence-corrected chi connectivity index (χ0v) is 9.50. The number of rotatable bonds is 2. The molecule has 3 N–H and O–H groups in total. The number of hydrogen-bond donors (Lipinski definition) is 3. The SMILES string of the molecule is CO.O=c1ccn(C2CCC(CO)O2)c(=O)[nH]1. The van der Waals surface area contributed by atoms with E-state index in [1.54, 1.807) is 0 Å². The van der Waals surface area contributed by atoms with Crippen LogP contribution in [0.2, 0.25) is 0 Å². The largest absolute Gasteiger partial charge is 0.400 e. The van der Waals surface area contributed by atoms with E-state index in [1.807, 2.05) is 0 Å². The highest BCUT2D eigenvalue weighted by Crippen LogP contribution is 2.26. The van der Waals surface area contributed by atoms with Gasteiger partial charge in [0.2, 0.25) is 0 Å². The van der Waals surface area contributed by atoms with E-state index in [1.165, 1.54) is 16.8 Å². The lowest BCUT2D eigenvalue weighted by Crippen LogP contribution is -2.31. The summed E-state index contributed by atoms with van der Waals surface area (Å²) in [5, 5.41) is 15.9. The Morgan fingerprint density at radius 3 is 2.71 bits per heavy atom. The van der Waals surface area contributed by atoms with Crippen LogP contribution in [0.1, 0.15) is 19.1 Å². The van der Waals surface area contributed by atoms with Crippen LogP contribution in [-0.2, 0) is 4.74 Å². The molecule has 1 aliphatic rings. The van der Waals surface area contributed by atoms with Gasteiger partial charge in [0.25, 0.3) is 5.56 Å². The van der Waals surface area contributed by atoms with E-state index in [9.17, 15) is 9.59 Å². The van der Waals surface area contributed by atoms with Gasteiger partial charge >= 0.3 is 5.69 Å². The fourth-order valence-electron chi connectivity index (χ4n) is 1.68. The summed E-state index contributed by atoms with van der Waals surface area (Å²) in [4.78, 5) is 24.4. The standard InChI is InChI=1S/C9H12N2O4.CH4O/c12-5-6-1-2-8(15-6)11-4-3-7(13)10-9(11)14;1-2/h3-4,6,8,12H,1-2,5H2,(H,10,13,14);2H,1H3. The van der Waals surface area contributed by atoms with Gasteiger partial charge in [-0.3, -0.25) is 14.3 Å². The van der Waals surface area contributed by atoms with Gasteiger partial charge in [0.1, 0.15) is 6.23 Å². The lowest BCUT2D eigenvalue weighted by atomic mass is 10.2. The first-order valence-electron chi connectivity index (χ1n) is 5.23. The highest BCUT2D eigenvalue weighted by molar-refractivity contribution is 4.85. The Bertz CT molecular complexity index is 452. The third kappa shape index (κ3) is 3.26. The highest BCUT2D eigenvalue weighted by atomic mass is 16.5. The molecular formula is C10H16N2O5. The summed E-state index contributed by atoms with van der Waals surface area (Å²) in [6, 6.07) is 1.27. The van der Waals surface area contributed by atoms with Crippen molar-refractivity contribution in [3.05, 3.63) is 33.1 Å². The molecule has 7 heteroatoms.